The molecule has 5 atom stereocenters. The summed E-state index contributed by atoms with van der Waals surface area (Å²) in [6.45, 7) is 6.99. The van der Waals surface area contributed by atoms with Crippen molar-refractivity contribution in [3.8, 4) is 5.75 Å². The average molecular weight is 825 g/mol. The Morgan fingerprint density at radius 2 is 1.69 bits per heavy atom. The molecule has 1 saturated heterocycles. The average Bonchev–Trinajstić information content (AvgIpc) is 3.93. The maximum Gasteiger partial charge on any atom is 0.289 e. The topological polar surface area (TPSA) is 235 Å². The minimum atomic E-state index is -3.82. The van der Waals surface area contributed by atoms with E-state index < -0.39 is 81.0 Å². The zero-order valence-corrected chi connectivity index (χ0v) is 34.6. The number of nitrogens with one attached hydrogen (secondary N) is 5. The number of Topliss-reactive ketones (excluding diaryl/α,β-unsaturated/α-hetero) is 1. The summed E-state index contributed by atoms with van der Waals surface area (Å²) < 4.78 is 33.6. The number of benzene rings is 1. The highest BCUT2D eigenvalue weighted by atomic mass is 32.2. The second-order valence-corrected chi connectivity index (χ2v) is 18.3. The number of hydrogen-bond acceptors (Lipinski definition) is 11. The maximum atomic E-state index is 14.8. The lowest BCUT2D eigenvalue weighted by Crippen LogP contribution is -2.62. The monoisotopic (exact) mass is 824 g/mol. The normalized spacial score (nSPS) is 20.3. The summed E-state index contributed by atoms with van der Waals surface area (Å²) in [5.74, 6) is -4.04. The molecule has 2 aromatic rings. The molecule has 18 heteroatoms. The molecule has 2 heterocycles. The number of ketones is 1. The molecular formula is C40H56N8O9S. The van der Waals surface area contributed by atoms with E-state index in [1.54, 1.807) is 26.8 Å². The van der Waals surface area contributed by atoms with Crippen molar-refractivity contribution in [1.29, 1.82) is 0 Å². The van der Waals surface area contributed by atoms with Gasteiger partial charge in [-0.15, -0.1) is 0 Å². The highest BCUT2D eigenvalue weighted by molar-refractivity contribution is 7.89. The Labute approximate surface area is 339 Å². The molecule has 17 nitrogen and oxygen atoms in total. The first-order chi connectivity index (χ1) is 27.5. The van der Waals surface area contributed by atoms with Gasteiger partial charge in [0.25, 0.3) is 11.8 Å². The lowest BCUT2D eigenvalue weighted by atomic mass is 9.82. The van der Waals surface area contributed by atoms with Crippen LogP contribution in [-0.4, -0.2) is 109 Å². The van der Waals surface area contributed by atoms with Crippen LogP contribution in [0.4, 0.5) is 0 Å². The van der Waals surface area contributed by atoms with Crippen molar-refractivity contribution in [1.82, 2.24) is 40.9 Å². The fourth-order valence-corrected chi connectivity index (χ4v) is 8.18. The molecule has 2 saturated carbocycles. The van der Waals surface area contributed by atoms with Crippen LogP contribution >= 0.6 is 0 Å². The Morgan fingerprint density at radius 3 is 2.31 bits per heavy atom. The fraction of sp³-hybridized carbons (Fsp3) is 0.600. The van der Waals surface area contributed by atoms with Gasteiger partial charge in [-0.1, -0.05) is 59.4 Å². The van der Waals surface area contributed by atoms with Gasteiger partial charge in [0.05, 0.1) is 23.7 Å². The van der Waals surface area contributed by atoms with Crippen molar-refractivity contribution in [2.75, 3.05) is 13.6 Å². The Morgan fingerprint density at radius 1 is 0.966 bits per heavy atom. The number of likely N-dealkylation sites (tertiary alicyclic amines) is 1. The number of aromatic nitrogens is 2. The smallest absolute Gasteiger partial charge is 0.289 e. The van der Waals surface area contributed by atoms with E-state index in [9.17, 15) is 37.2 Å². The lowest BCUT2D eigenvalue weighted by molar-refractivity contribution is -0.145. The van der Waals surface area contributed by atoms with E-state index in [1.165, 1.54) is 48.7 Å². The predicted molar refractivity (Wildman–Crippen MR) is 211 cm³/mol. The predicted octanol–water partition coefficient (Wildman–Crippen LogP) is 1.78. The van der Waals surface area contributed by atoms with Crippen molar-refractivity contribution in [2.45, 2.75) is 133 Å². The fourth-order valence-electron chi connectivity index (χ4n) is 7.41. The summed E-state index contributed by atoms with van der Waals surface area (Å²) >= 11 is 0. The van der Waals surface area contributed by atoms with Gasteiger partial charge in [-0.25, -0.2) is 18.1 Å². The number of amides is 5. The SMILES string of the molecule is CCC[C@H](NC(=O)[C@@H]1C[C@@H](Oc2cccc(S(=O)(=O)NC)c2)CN1C(=O)[C@@H](NC(=O)[C@@H](NC(=O)c1cnccn1)C1CCCCC1)C(C)(C)C)C(=O)C(=O)NC1CC1. The molecular weight excluding hydrogens is 769 g/mol. The highest BCUT2D eigenvalue weighted by Crippen LogP contribution is 2.31. The van der Waals surface area contributed by atoms with E-state index in [0.29, 0.717) is 19.3 Å². The molecule has 0 spiro atoms. The lowest BCUT2D eigenvalue weighted by Gasteiger charge is -2.37. The first-order valence-corrected chi connectivity index (χ1v) is 21.5. The van der Waals surface area contributed by atoms with E-state index in [1.807, 2.05) is 6.92 Å². The Kier molecular flexibility index (Phi) is 14.6. The van der Waals surface area contributed by atoms with E-state index >= 15 is 0 Å². The van der Waals surface area contributed by atoms with Crippen LogP contribution < -0.4 is 30.7 Å². The number of ether oxygens (including phenoxy) is 1. The Balaban J connectivity index is 1.43. The van der Waals surface area contributed by atoms with Gasteiger partial charge < -0.3 is 30.9 Å². The first kappa shape index (κ1) is 44.1. The summed E-state index contributed by atoms with van der Waals surface area (Å²) in [6, 6.07) is 1.18. The van der Waals surface area contributed by atoms with Crippen LogP contribution in [0.25, 0.3) is 0 Å². The van der Waals surface area contributed by atoms with Crippen LogP contribution in [0.1, 0.15) is 102 Å². The minimum Gasteiger partial charge on any atom is -0.488 e. The van der Waals surface area contributed by atoms with Gasteiger partial charge in [-0.05, 0) is 62.6 Å². The molecule has 5 N–H and O–H groups in total. The third-order valence-corrected chi connectivity index (χ3v) is 12.2. The molecule has 1 aromatic carbocycles. The molecule has 1 aromatic heterocycles. The van der Waals surface area contributed by atoms with Gasteiger partial charge >= 0.3 is 0 Å². The molecule has 3 fully saturated rings. The molecule has 1 aliphatic heterocycles. The number of nitrogens with zero attached hydrogens (tertiary/aromatic N) is 3. The Hall–Kier alpha value is -4.97. The van der Waals surface area contributed by atoms with Gasteiger partial charge in [0, 0.05) is 30.9 Å². The summed E-state index contributed by atoms with van der Waals surface area (Å²) in [5, 5.41) is 11.2. The van der Waals surface area contributed by atoms with E-state index in [4.69, 9.17) is 4.74 Å². The van der Waals surface area contributed by atoms with E-state index in [2.05, 4.69) is 36.0 Å². The number of carbonyl (C=O) groups excluding carboxylic acids is 6. The van der Waals surface area contributed by atoms with Crippen LogP contribution in [0.5, 0.6) is 5.75 Å². The van der Waals surface area contributed by atoms with Gasteiger partial charge in [0.2, 0.25) is 33.5 Å². The largest absolute Gasteiger partial charge is 0.488 e. The molecule has 0 radical (unpaired) electrons. The van der Waals surface area contributed by atoms with Crippen LogP contribution in [0.15, 0.2) is 47.8 Å². The molecule has 2 aliphatic carbocycles. The van der Waals surface area contributed by atoms with Gasteiger partial charge in [-0.3, -0.25) is 33.8 Å². The minimum absolute atomic E-state index is 0.0375. The standard InChI is InChI=1S/C40H56N8O9S/c1-6-11-29(33(49)38(53)44-25-16-17-25)45-36(51)31-21-27(57-26-14-10-15-28(20-26)58(55,56)41-5)23-48(31)39(54)34(40(2,3)4)47-37(52)32(24-12-8-7-9-13-24)46-35(50)30-22-42-18-19-43-30/h10,14-15,18-20,22,24-25,27,29,31-32,34,41H,6-9,11-13,16-17,21,23H2,1-5H3,(H,44,53)(H,45,51)(H,46,50)(H,47,52)/t27-,29+,31+,32+,34-/m1/s1. The third kappa shape index (κ3) is 11.4. The maximum absolute atomic E-state index is 14.8. The quantitative estimate of drug-likeness (QED) is 0.144. The molecule has 0 bridgehead atoms. The summed E-state index contributed by atoms with van der Waals surface area (Å²) in [7, 11) is -2.53. The molecule has 316 valence electrons. The molecule has 58 heavy (non-hydrogen) atoms. The van der Waals surface area contributed by atoms with E-state index in [0.717, 1.165) is 32.1 Å². The van der Waals surface area contributed by atoms with Gasteiger partial charge in [0.15, 0.2) is 0 Å². The van der Waals surface area contributed by atoms with E-state index in [-0.39, 0.29) is 47.7 Å². The van der Waals surface area contributed by atoms with Crippen molar-refractivity contribution in [3.63, 3.8) is 0 Å². The van der Waals surface area contributed by atoms with Crippen LogP contribution in [-0.2, 0) is 34.0 Å². The van der Waals surface area contributed by atoms with Crippen LogP contribution in [0.2, 0.25) is 0 Å². The molecule has 0 unspecified atom stereocenters. The summed E-state index contributed by atoms with van der Waals surface area (Å²) in [6.07, 6.45) is 9.57. The van der Waals surface area contributed by atoms with Gasteiger partial charge in [0.1, 0.15) is 35.7 Å². The first-order valence-electron chi connectivity index (χ1n) is 20.1. The number of rotatable bonds is 17. The molecule has 3 aliphatic rings. The number of carbonyl (C=O) groups is 6. The van der Waals surface area contributed by atoms with Crippen LogP contribution in [0, 0.1) is 11.3 Å². The van der Waals surface area contributed by atoms with Crippen molar-refractivity contribution < 1.29 is 41.9 Å². The van der Waals surface area contributed by atoms with Crippen molar-refractivity contribution in [2.24, 2.45) is 11.3 Å². The second-order valence-electron chi connectivity index (χ2n) is 16.4. The summed E-state index contributed by atoms with van der Waals surface area (Å²) in [5.41, 5.74) is -0.869. The zero-order valence-electron chi connectivity index (χ0n) is 33.8. The highest BCUT2D eigenvalue weighted by Gasteiger charge is 2.47. The molecule has 5 rings (SSSR count). The van der Waals surface area contributed by atoms with Gasteiger partial charge in [-0.2, -0.15) is 0 Å². The number of sulfonamides is 1. The van der Waals surface area contributed by atoms with Crippen molar-refractivity contribution >= 4 is 45.3 Å². The van der Waals surface area contributed by atoms with Crippen molar-refractivity contribution in [3.05, 3.63) is 48.5 Å². The number of hydrogen-bond donors (Lipinski definition) is 5. The Bertz CT molecular complexity index is 1930. The third-order valence-electron chi connectivity index (χ3n) is 10.8. The second kappa shape index (κ2) is 19.2. The zero-order chi connectivity index (χ0) is 42.2. The van der Waals surface area contributed by atoms with Crippen LogP contribution in [0.3, 0.4) is 0 Å². The summed E-state index contributed by atoms with van der Waals surface area (Å²) in [4.78, 5) is 92.0. The molecule has 5 amide bonds.